The summed E-state index contributed by atoms with van der Waals surface area (Å²) in [5.74, 6) is 1.35. The molecule has 3 aromatic carbocycles. The van der Waals surface area contributed by atoms with E-state index in [1.165, 1.54) is 10.5 Å². The highest BCUT2D eigenvalue weighted by Crippen LogP contribution is 2.46. The number of nitrogens with zero attached hydrogens (tertiary/aromatic N) is 2. The molecule has 1 N–H and O–H groups in total. The van der Waals surface area contributed by atoms with Gasteiger partial charge in [-0.3, -0.25) is 9.69 Å². The highest BCUT2D eigenvalue weighted by atomic mass is 16.6. The van der Waals surface area contributed by atoms with E-state index in [1.54, 1.807) is 23.1 Å². The Kier molecular flexibility index (Phi) is 4.83. The van der Waals surface area contributed by atoms with E-state index in [0.717, 1.165) is 27.7 Å². The number of nitrogens with one attached hydrogen (secondary N) is 1. The van der Waals surface area contributed by atoms with Gasteiger partial charge in [0.25, 0.3) is 5.91 Å². The summed E-state index contributed by atoms with van der Waals surface area (Å²) >= 11 is 0. The molecule has 3 aliphatic heterocycles. The van der Waals surface area contributed by atoms with Gasteiger partial charge in [0.05, 0.1) is 5.69 Å². The first kappa shape index (κ1) is 22.0. The molecule has 0 aliphatic carbocycles. The van der Waals surface area contributed by atoms with Crippen LogP contribution in [0.25, 0.3) is 10.9 Å². The second kappa shape index (κ2) is 8.13. The molecule has 186 valence electrons. The Morgan fingerprint density at radius 3 is 2.46 bits per heavy atom. The van der Waals surface area contributed by atoms with Gasteiger partial charge >= 0.3 is 6.03 Å². The Hall–Kier alpha value is -4.26. The van der Waals surface area contributed by atoms with Gasteiger partial charge < -0.3 is 14.5 Å². The Morgan fingerprint density at radius 1 is 0.919 bits per heavy atom. The maximum atomic E-state index is 14.0. The van der Waals surface area contributed by atoms with Crippen LogP contribution in [-0.2, 0) is 11.2 Å². The standard InChI is InChI=1S/C30H27N3O4/c1-17(2)18-7-9-19(10-8-18)28-27-22(21-5-3-4-6-23(21)31-27)16-24-29(34)32(30(35)33(24)28)20-11-12-25-26(15-20)37-14-13-36-25/h3-12,15,17,24,28,31H,13-14,16H2,1-2H3/t24-,28?/m0/s1. The second-order valence-electron chi connectivity index (χ2n) is 10.2. The van der Waals surface area contributed by atoms with Crippen LogP contribution >= 0.6 is 0 Å². The van der Waals surface area contributed by atoms with Crippen molar-refractivity contribution in [3.63, 3.8) is 0 Å². The maximum absolute atomic E-state index is 14.0. The molecule has 0 saturated carbocycles. The fourth-order valence-corrected chi connectivity index (χ4v) is 5.89. The number of amides is 3. The quantitative estimate of drug-likeness (QED) is 0.380. The van der Waals surface area contributed by atoms with Gasteiger partial charge in [-0.1, -0.05) is 56.3 Å². The number of ether oxygens (including phenoxy) is 2. The Balaban J connectivity index is 1.36. The van der Waals surface area contributed by atoms with Crippen LogP contribution < -0.4 is 14.4 Å². The van der Waals surface area contributed by atoms with Crippen molar-refractivity contribution in [1.29, 1.82) is 0 Å². The number of anilines is 1. The molecule has 3 amide bonds. The lowest BCUT2D eigenvalue weighted by Crippen LogP contribution is -2.44. The molecule has 1 saturated heterocycles. The molecule has 7 rings (SSSR count). The van der Waals surface area contributed by atoms with E-state index >= 15 is 0 Å². The Labute approximate surface area is 214 Å². The summed E-state index contributed by atoms with van der Waals surface area (Å²) < 4.78 is 11.4. The SMILES string of the molecule is CC(C)c1ccc(C2c3[nH]c4ccccc4c3C[C@H]3C(=O)N(c4ccc5c(c4)OCCO5)C(=O)N23)cc1. The zero-order chi connectivity index (χ0) is 25.3. The van der Waals surface area contributed by atoms with Crippen LogP contribution in [0, 0.1) is 0 Å². The number of H-pyrrole nitrogens is 1. The van der Waals surface area contributed by atoms with Crippen molar-refractivity contribution in [2.75, 3.05) is 18.1 Å². The molecule has 0 spiro atoms. The van der Waals surface area contributed by atoms with Crippen molar-refractivity contribution in [3.8, 4) is 11.5 Å². The van der Waals surface area contributed by atoms with Gasteiger partial charge in [-0.25, -0.2) is 9.69 Å². The highest BCUT2D eigenvalue weighted by molar-refractivity contribution is 6.22. The van der Waals surface area contributed by atoms with Crippen molar-refractivity contribution in [2.24, 2.45) is 0 Å². The van der Waals surface area contributed by atoms with Crippen molar-refractivity contribution < 1.29 is 19.1 Å². The number of hydrogen-bond donors (Lipinski definition) is 1. The molecule has 7 heteroatoms. The van der Waals surface area contributed by atoms with E-state index in [2.05, 4.69) is 49.2 Å². The Bertz CT molecular complexity index is 1560. The largest absolute Gasteiger partial charge is 0.486 e. The van der Waals surface area contributed by atoms with Gasteiger partial charge in [-0.05, 0) is 40.8 Å². The number of aromatic nitrogens is 1. The lowest BCUT2D eigenvalue weighted by atomic mass is 9.88. The monoisotopic (exact) mass is 493 g/mol. The summed E-state index contributed by atoms with van der Waals surface area (Å²) in [7, 11) is 0. The van der Waals surface area contributed by atoms with Crippen molar-refractivity contribution in [3.05, 3.63) is 89.1 Å². The van der Waals surface area contributed by atoms with Crippen molar-refractivity contribution >= 4 is 28.5 Å². The third kappa shape index (κ3) is 3.26. The van der Waals surface area contributed by atoms with Crippen LogP contribution in [0.5, 0.6) is 11.5 Å². The van der Waals surface area contributed by atoms with E-state index in [-0.39, 0.29) is 11.9 Å². The fourth-order valence-electron chi connectivity index (χ4n) is 5.89. The van der Waals surface area contributed by atoms with Crippen LogP contribution in [0.4, 0.5) is 10.5 Å². The molecule has 7 nitrogen and oxygen atoms in total. The number of rotatable bonds is 3. The molecule has 2 atom stereocenters. The smallest absolute Gasteiger partial charge is 0.332 e. The zero-order valence-corrected chi connectivity index (χ0v) is 20.7. The van der Waals surface area contributed by atoms with Gasteiger partial charge in [0, 0.05) is 29.1 Å². The number of para-hydroxylation sites is 1. The van der Waals surface area contributed by atoms with Crippen LogP contribution in [-0.4, -0.2) is 41.1 Å². The first-order valence-corrected chi connectivity index (χ1v) is 12.8. The van der Waals surface area contributed by atoms with Crippen LogP contribution in [0.3, 0.4) is 0 Å². The number of aromatic amines is 1. The van der Waals surface area contributed by atoms with E-state index in [4.69, 9.17) is 9.47 Å². The third-order valence-electron chi connectivity index (χ3n) is 7.75. The first-order valence-electron chi connectivity index (χ1n) is 12.8. The molecule has 4 aromatic rings. The zero-order valence-electron chi connectivity index (χ0n) is 20.7. The van der Waals surface area contributed by atoms with E-state index in [0.29, 0.717) is 42.7 Å². The van der Waals surface area contributed by atoms with Crippen LogP contribution in [0.1, 0.15) is 48.2 Å². The molecular weight excluding hydrogens is 466 g/mol. The molecule has 1 aromatic heterocycles. The molecule has 4 heterocycles. The summed E-state index contributed by atoms with van der Waals surface area (Å²) in [5, 5.41) is 1.10. The second-order valence-corrected chi connectivity index (χ2v) is 10.2. The summed E-state index contributed by atoms with van der Waals surface area (Å²) in [6, 6.07) is 20.5. The number of carbonyl (C=O) groups is 2. The van der Waals surface area contributed by atoms with Crippen molar-refractivity contribution in [1.82, 2.24) is 9.88 Å². The molecule has 1 fully saturated rings. The average molecular weight is 494 g/mol. The first-order chi connectivity index (χ1) is 18.0. The third-order valence-corrected chi connectivity index (χ3v) is 7.75. The summed E-state index contributed by atoms with van der Waals surface area (Å²) in [4.78, 5) is 34.6. The van der Waals surface area contributed by atoms with Gasteiger partial charge in [0.1, 0.15) is 25.3 Å². The number of urea groups is 1. The highest BCUT2D eigenvalue weighted by Gasteiger charge is 2.53. The summed E-state index contributed by atoms with van der Waals surface area (Å²) in [6.07, 6.45) is 0.464. The number of fused-ring (bicyclic) bond motifs is 5. The topological polar surface area (TPSA) is 74.9 Å². The van der Waals surface area contributed by atoms with E-state index < -0.39 is 12.1 Å². The van der Waals surface area contributed by atoms with Crippen molar-refractivity contribution in [2.45, 2.75) is 38.3 Å². The number of imide groups is 1. The van der Waals surface area contributed by atoms with Gasteiger partial charge in [0.15, 0.2) is 11.5 Å². The summed E-state index contributed by atoms with van der Waals surface area (Å²) in [5.41, 5.74) is 5.79. The van der Waals surface area contributed by atoms with Gasteiger partial charge in [-0.2, -0.15) is 0 Å². The fraction of sp³-hybridized carbons (Fsp3) is 0.267. The minimum atomic E-state index is -0.595. The van der Waals surface area contributed by atoms with E-state index in [9.17, 15) is 9.59 Å². The minimum Gasteiger partial charge on any atom is -0.486 e. The normalized spacial score (nSPS) is 20.5. The van der Waals surface area contributed by atoms with Crippen LogP contribution in [0.2, 0.25) is 0 Å². The maximum Gasteiger partial charge on any atom is 0.332 e. The van der Waals surface area contributed by atoms with Gasteiger partial charge in [-0.15, -0.1) is 0 Å². The Morgan fingerprint density at radius 2 is 1.68 bits per heavy atom. The van der Waals surface area contributed by atoms with Gasteiger partial charge in [0.2, 0.25) is 0 Å². The molecular formula is C30H27N3O4. The molecule has 3 aliphatic rings. The molecule has 0 bridgehead atoms. The number of carbonyl (C=O) groups excluding carboxylic acids is 2. The predicted octanol–water partition coefficient (Wildman–Crippen LogP) is 5.55. The molecule has 0 radical (unpaired) electrons. The minimum absolute atomic E-state index is 0.221. The lowest BCUT2D eigenvalue weighted by molar-refractivity contribution is -0.120. The number of hydrogen-bond acceptors (Lipinski definition) is 4. The average Bonchev–Trinajstić information content (AvgIpc) is 3.41. The molecule has 37 heavy (non-hydrogen) atoms. The van der Waals surface area contributed by atoms with E-state index in [1.807, 2.05) is 18.2 Å². The summed E-state index contributed by atoms with van der Waals surface area (Å²) in [6.45, 7) is 5.24. The van der Waals surface area contributed by atoms with Crippen LogP contribution in [0.15, 0.2) is 66.7 Å². The lowest BCUT2D eigenvalue weighted by Gasteiger charge is -2.36. The molecule has 1 unspecified atom stereocenters. The predicted molar refractivity (Wildman–Crippen MR) is 140 cm³/mol. The number of benzene rings is 3.